The Morgan fingerprint density at radius 2 is 1.54 bits per heavy atom. The van der Waals surface area contributed by atoms with Gasteiger partial charge in [0.05, 0.1) is 18.2 Å². The first-order valence-corrected chi connectivity index (χ1v) is 10.9. The molecule has 0 bridgehead atoms. The molecule has 0 saturated heterocycles. The van der Waals surface area contributed by atoms with Gasteiger partial charge in [-0.3, -0.25) is 0 Å². The van der Waals surface area contributed by atoms with Crippen molar-refractivity contribution in [1.29, 1.82) is 0 Å². The Hall–Kier alpha value is -3.07. The van der Waals surface area contributed by atoms with Crippen molar-refractivity contribution in [1.82, 2.24) is 0 Å². The number of carboxylic acids is 1. The number of aromatic hydroxyl groups is 1. The van der Waals surface area contributed by atoms with Crippen LogP contribution in [0.25, 0.3) is 0 Å². The molecule has 0 atom stereocenters. The second-order valence-electron chi connectivity index (χ2n) is 5.27. The second kappa shape index (κ2) is 9.75. The van der Waals surface area contributed by atoms with E-state index in [1.165, 1.54) is 50.4 Å². The van der Waals surface area contributed by atoms with Crippen molar-refractivity contribution in [2.75, 3.05) is 12.4 Å². The van der Waals surface area contributed by atoms with Crippen LogP contribution in [-0.4, -0.2) is 57.5 Å². The van der Waals surface area contributed by atoms with Crippen molar-refractivity contribution in [2.24, 2.45) is 0 Å². The van der Waals surface area contributed by atoms with E-state index in [2.05, 4.69) is 10.1 Å². The number of phenols is 1. The van der Waals surface area contributed by atoms with Crippen LogP contribution in [0.15, 0.2) is 42.5 Å². The van der Waals surface area contributed by atoms with Crippen molar-refractivity contribution < 1.29 is 41.3 Å². The molecule has 150 valence electrons. The SMILES string of the molecule is CC(=O)Nc1cccc([As](=O)(O)O)c1O.COC(=O)c1ccc(C(=O)O)cc1. The quantitative estimate of drug-likeness (QED) is 0.243. The van der Waals surface area contributed by atoms with Crippen LogP contribution in [-0.2, 0) is 13.3 Å². The molecule has 0 aliphatic heterocycles. The first kappa shape index (κ1) is 23.0. The molecule has 1 amide bonds. The van der Waals surface area contributed by atoms with Crippen molar-refractivity contribution in [3.05, 3.63) is 53.6 Å². The summed E-state index contributed by atoms with van der Waals surface area (Å²) in [6, 6.07) is 9.36. The van der Waals surface area contributed by atoms with Gasteiger partial charge in [-0.25, -0.2) is 9.59 Å². The van der Waals surface area contributed by atoms with E-state index in [9.17, 15) is 23.2 Å². The molecule has 0 aliphatic rings. The Kier molecular flexibility index (Phi) is 7.99. The number of phenolic OH excluding ortho intramolecular Hbond substituents is 1. The average molecular weight is 455 g/mol. The third-order valence-corrected chi connectivity index (χ3v) is 5.27. The van der Waals surface area contributed by atoms with E-state index < -0.39 is 42.1 Å². The summed E-state index contributed by atoms with van der Waals surface area (Å²) in [5, 5.41) is 20.3. The van der Waals surface area contributed by atoms with E-state index in [1.54, 1.807) is 0 Å². The molecular formula is C17H18AsNO9. The molecule has 2 rings (SSSR count). The second-order valence-corrected chi connectivity index (χ2v) is 8.57. The van der Waals surface area contributed by atoms with Gasteiger partial charge in [-0.2, -0.15) is 0 Å². The zero-order chi connectivity index (χ0) is 21.5. The number of carbonyl (C=O) groups is 3. The number of carboxylic acid groups (broad SMARTS) is 1. The van der Waals surface area contributed by atoms with E-state index in [0.717, 1.165) is 6.07 Å². The summed E-state index contributed by atoms with van der Waals surface area (Å²) in [4.78, 5) is 32.1. The van der Waals surface area contributed by atoms with E-state index in [0.29, 0.717) is 5.56 Å². The monoisotopic (exact) mass is 455 g/mol. The van der Waals surface area contributed by atoms with Crippen molar-refractivity contribution in [3.63, 3.8) is 0 Å². The first-order chi connectivity index (χ1) is 13.0. The topological polar surface area (TPSA) is 170 Å². The Morgan fingerprint density at radius 3 is 1.96 bits per heavy atom. The molecule has 28 heavy (non-hydrogen) atoms. The van der Waals surface area contributed by atoms with Gasteiger partial charge in [-0.15, -0.1) is 0 Å². The smallest absolute Gasteiger partial charge is 0.337 e. The maximum atomic E-state index is 11.0. The summed E-state index contributed by atoms with van der Waals surface area (Å²) in [7, 11) is 1.27. The Bertz CT molecular complexity index is 919. The fraction of sp³-hybridized carbons (Fsp3) is 0.118. The third-order valence-electron chi connectivity index (χ3n) is 3.19. The van der Waals surface area contributed by atoms with Gasteiger partial charge in [0.25, 0.3) is 0 Å². The molecule has 0 radical (unpaired) electrons. The predicted octanol–water partition coefficient (Wildman–Crippen LogP) is 0.0830. The number of rotatable bonds is 4. The molecule has 2 aromatic rings. The van der Waals surface area contributed by atoms with Crippen LogP contribution in [0.3, 0.4) is 0 Å². The van der Waals surface area contributed by atoms with E-state index >= 15 is 0 Å². The Labute approximate surface area is 162 Å². The number of aromatic carboxylic acids is 1. The number of ether oxygens (including phenoxy) is 1. The van der Waals surface area contributed by atoms with E-state index in [1.807, 2.05) is 0 Å². The summed E-state index contributed by atoms with van der Waals surface area (Å²) in [5.74, 6) is -2.51. The van der Waals surface area contributed by atoms with Gasteiger partial charge in [0.15, 0.2) is 0 Å². The molecular weight excluding hydrogens is 437 g/mol. The summed E-state index contributed by atoms with van der Waals surface area (Å²) in [6.07, 6.45) is 0. The van der Waals surface area contributed by atoms with Crippen LogP contribution in [0.1, 0.15) is 27.6 Å². The van der Waals surface area contributed by atoms with Gasteiger partial charge in [0, 0.05) is 0 Å². The van der Waals surface area contributed by atoms with Gasteiger partial charge >= 0.3 is 100 Å². The number of nitrogens with one attached hydrogen (secondary N) is 1. The fourth-order valence-electron chi connectivity index (χ4n) is 1.92. The van der Waals surface area contributed by atoms with Crippen molar-refractivity contribution in [2.45, 2.75) is 6.92 Å². The normalized spacial score (nSPS) is 10.3. The van der Waals surface area contributed by atoms with Crippen LogP contribution in [0, 0.1) is 0 Å². The number of methoxy groups -OCH3 is 1. The summed E-state index contributed by atoms with van der Waals surface area (Å²) in [5.41, 5.74) is 0.477. The maximum absolute atomic E-state index is 11.0. The average Bonchev–Trinajstić information content (AvgIpc) is 2.62. The van der Waals surface area contributed by atoms with Gasteiger partial charge < -0.3 is 9.84 Å². The standard InChI is InChI=1S/C9H8O4.C8H10AsNO5/c1-13-9(12)7-4-2-6(3-5-7)8(10)11;1-5(11)10-7-4-2-3-6(8(7)12)9(13,14)15/h2-5H,1H3,(H,10,11);2-4,12H,1H3,(H,10,11)(H2,13,14,15). The van der Waals surface area contributed by atoms with Crippen LogP contribution >= 0.6 is 0 Å². The van der Waals surface area contributed by atoms with E-state index in [-0.39, 0.29) is 11.3 Å². The Balaban J connectivity index is 0.000000283. The summed E-state index contributed by atoms with van der Waals surface area (Å²) in [6.45, 7) is 1.23. The zero-order valence-electron chi connectivity index (χ0n) is 14.8. The molecule has 11 heteroatoms. The van der Waals surface area contributed by atoms with Gasteiger partial charge in [0.2, 0.25) is 0 Å². The fourth-order valence-corrected chi connectivity index (χ4v) is 3.34. The molecule has 5 N–H and O–H groups in total. The van der Waals surface area contributed by atoms with E-state index in [4.69, 9.17) is 13.3 Å². The summed E-state index contributed by atoms with van der Waals surface area (Å²) >= 11 is -5.15. The van der Waals surface area contributed by atoms with Crippen LogP contribution in [0.2, 0.25) is 0 Å². The number of hydrogen-bond acceptors (Lipinski definition) is 6. The maximum Gasteiger partial charge on any atom is 0.337 e. The molecule has 0 unspecified atom stereocenters. The first-order valence-electron chi connectivity index (χ1n) is 7.54. The minimum atomic E-state index is -5.15. The zero-order valence-corrected chi connectivity index (χ0v) is 16.7. The van der Waals surface area contributed by atoms with Gasteiger partial charge in [-0.1, -0.05) is 0 Å². The van der Waals surface area contributed by atoms with Crippen molar-refractivity contribution in [3.8, 4) is 5.75 Å². The minimum Gasteiger partial charge on any atom is -0.478 e. The number of para-hydroxylation sites is 1. The number of hydrogen-bond donors (Lipinski definition) is 5. The van der Waals surface area contributed by atoms with Crippen molar-refractivity contribution >= 4 is 42.1 Å². The number of esters is 1. The Morgan fingerprint density at radius 1 is 1.00 bits per heavy atom. The van der Waals surface area contributed by atoms with Crippen LogP contribution < -0.4 is 9.67 Å². The number of benzene rings is 2. The molecule has 2 aromatic carbocycles. The predicted molar refractivity (Wildman–Crippen MR) is 97.7 cm³/mol. The molecule has 0 heterocycles. The third kappa shape index (κ3) is 6.58. The number of carbonyl (C=O) groups excluding carboxylic acids is 2. The molecule has 0 saturated carbocycles. The number of amides is 1. The largest absolute Gasteiger partial charge is 0.478 e. The number of anilines is 1. The molecule has 0 aliphatic carbocycles. The molecule has 0 spiro atoms. The van der Waals surface area contributed by atoms with Gasteiger partial charge in [0.1, 0.15) is 0 Å². The molecule has 0 aromatic heterocycles. The minimum absolute atomic E-state index is 0.00951. The van der Waals surface area contributed by atoms with Crippen LogP contribution in [0.5, 0.6) is 5.75 Å². The van der Waals surface area contributed by atoms with Crippen LogP contribution in [0.4, 0.5) is 5.69 Å². The molecule has 10 nitrogen and oxygen atoms in total. The summed E-state index contributed by atoms with van der Waals surface area (Å²) < 4.78 is 32.8. The van der Waals surface area contributed by atoms with Gasteiger partial charge in [-0.05, 0) is 24.3 Å². The molecule has 0 fully saturated rings.